The number of carbonyl (C=O) groups is 5. The molecule has 8 nitrogen and oxygen atoms in total. The first-order valence-electron chi connectivity index (χ1n) is 8.10. The summed E-state index contributed by atoms with van der Waals surface area (Å²) < 4.78 is 5.07. The van der Waals surface area contributed by atoms with E-state index in [1.54, 1.807) is 6.92 Å². The molecule has 0 radical (unpaired) electrons. The van der Waals surface area contributed by atoms with Crippen molar-refractivity contribution < 1.29 is 33.8 Å². The monoisotopic (exact) mass is 375 g/mol. The molecule has 1 rings (SSSR count). The second-order valence-electron chi connectivity index (χ2n) is 5.89. The van der Waals surface area contributed by atoms with Gasteiger partial charge in [-0.1, -0.05) is 6.58 Å². The summed E-state index contributed by atoms with van der Waals surface area (Å²) in [7, 11) is 0. The second-order valence-corrected chi connectivity index (χ2v) is 5.89. The van der Waals surface area contributed by atoms with Crippen molar-refractivity contribution in [3.63, 3.8) is 0 Å². The predicted octanol–water partition coefficient (Wildman–Crippen LogP) is 2.03. The lowest BCUT2D eigenvalue weighted by Crippen LogP contribution is -2.26. The number of ketones is 2. The molecule has 0 unspecified atom stereocenters. The molecule has 0 heterocycles. The van der Waals surface area contributed by atoms with Crippen LogP contribution in [0.15, 0.2) is 24.3 Å². The highest BCUT2D eigenvalue weighted by atomic mass is 16.5. The van der Waals surface area contributed by atoms with Crippen molar-refractivity contribution in [2.24, 2.45) is 0 Å². The van der Waals surface area contributed by atoms with Gasteiger partial charge < -0.3 is 15.2 Å². The van der Waals surface area contributed by atoms with Crippen LogP contribution in [0.25, 0.3) is 0 Å². The maximum atomic E-state index is 12.3. The lowest BCUT2D eigenvalue weighted by molar-refractivity contribution is -0.117. The van der Waals surface area contributed by atoms with Crippen molar-refractivity contribution >= 4 is 29.4 Å². The molecule has 1 amide bonds. The van der Waals surface area contributed by atoms with E-state index in [2.05, 4.69) is 11.9 Å². The van der Waals surface area contributed by atoms with Gasteiger partial charge in [0, 0.05) is 23.2 Å². The van der Waals surface area contributed by atoms with Crippen molar-refractivity contribution in [2.45, 2.75) is 27.2 Å². The third-order valence-electron chi connectivity index (χ3n) is 3.59. The van der Waals surface area contributed by atoms with Gasteiger partial charge in [0.1, 0.15) is 0 Å². The highest BCUT2D eigenvalue weighted by Crippen LogP contribution is 2.20. The van der Waals surface area contributed by atoms with Crippen molar-refractivity contribution in [3.8, 4) is 0 Å². The van der Waals surface area contributed by atoms with Gasteiger partial charge in [-0.25, -0.2) is 9.59 Å². The van der Waals surface area contributed by atoms with Gasteiger partial charge in [-0.2, -0.15) is 0 Å². The minimum Gasteiger partial charge on any atom is -0.478 e. The summed E-state index contributed by atoms with van der Waals surface area (Å²) in [6.45, 7) is 7.61. The van der Waals surface area contributed by atoms with Crippen LogP contribution >= 0.6 is 0 Å². The molecule has 0 aromatic heterocycles. The number of ether oxygens (including phenoxy) is 1. The number of Topliss-reactive ketones (excluding diaryl/α,β-unsaturated/α-hetero) is 2. The number of nitrogens with one attached hydrogen (secondary N) is 1. The first kappa shape index (κ1) is 21.8. The number of hydrogen-bond acceptors (Lipinski definition) is 6. The molecule has 0 saturated heterocycles. The summed E-state index contributed by atoms with van der Waals surface area (Å²) in [5, 5.41) is 11.8. The Labute approximate surface area is 156 Å². The average molecular weight is 375 g/mol. The van der Waals surface area contributed by atoms with E-state index in [1.165, 1.54) is 6.92 Å². The molecule has 8 heteroatoms. The molecular formula is C19H21NO7. The fourth-order valence-corrected chi connectivity index (χ4v) is 2.20. The van der Waals surface area contributed by atoms with Gasteiger partial charge in [-0.3, -0.25) is 14.4 Å². The van der Waals surface area contributed by atoms with Gasteiger partial charge in [0.15, 0.2) is 11.6 Å². The number of aromatic carboxylic acids is 1. The SMILES string of the molecule is C=C(C)C(=O)NCCCOC(=O)c1cc(C(C)=O)c(C(=O)O)cc1C(C)=O. The molecule has 0 atom stereocenters. The molecule has 1 aromatic rings. The Morgan fingerprint density at radius 2 is 1.48 bits per heavy atom. The third kappa shape index (κ3) is 5.88. The standard InChI is InChI=1S/C19H21NO7/c1-10(2)17(23)20-6-5-7-27-19(26)16-9-13(11(3)21)15(18(24)25)8-14(16)12(4)22/h8-9H,1,5-7H2,2-4H3,(H,20,23)(H,24,25). The molecule has 0 saturated carbocycles. The Morgan fingerprint density at radius 3 is 1.96 bits per heavy atom. The van der Waals surface area contributed by atoms with E-state index in [0.717, 1.165) is 19.1 Å². The van der Waals surface area contributed by atoms with E-state index in [1.807, 2.05) is 0 Å². The Balaban J connectivity index is 2.95. The van der Waals surface area contributed by atoms with Crippen LogP contribution < -0.4 is 5.32 Å². The van der Waals surface area contributed by atoms with Gasteiger partial charge >= 0.3 is 11.9 Å². The van der Waals surface area contributed by atoms with Crippen LogP contribution in [0.1, 0.15) is 68.6 Å². The first-order chi connectivity index (χ1) is 12.6. The summed E-state index contributed by atoms with van der Waals surface area (Å²) in [4.78, 5) is 58.4. The minimum atomic E-state index is -1.38. The Bertz CT molecular complexity index is 824. The third-order valence-corrected chi connectivity index (χ3v) is 3.59. The molecule has 27 heavy (non-hydrogen) atoms. The number of carboxylic acids is 1. The zero-order chi connectivity index (χ0) is 20.7. The zero-order valence-corrected chi connectivity index (χ0v) is 15.4. The van der Waals surface area contributed by atoms with Crippen molar-refractivity contribution in [3.05, 3.63) is 46.5 Å². The topological polar surface area (TPSA) is 127 Å². The summed E-state index contributed by atoms with van der Waals surface area (Å²) >= 11 is 0. The van der Waals surface area contributed by atoms with Gasteiger partial charge in [-0.15, -0.1) is 0 Å². The van der Waals surface area contributed by atoms with Crippen LogP contribution in [0.4, 0.5) is 0 Å². The number of esters is 1. The molecule has 144 valence electrons. The molecule has 1 aromatic carbocycles. The van der Waals surface area contributed by atoms with Gasteiger partial charge in [0.2, 0.25) is 5.91 Å². The second kappa shape index (κ2) is 9.42. The molecule has 0 bridgehead atoms. The van der Waals surface area contributed by atoms with Crippen LogP contribution in [-0.4, -0.2) is 47.7 Å². The van der Waals surface area contributed by atoms with E-state index in [-0.39, 0.29) is 41.3 Å². The van der Waals surface area contributed by atoms with Crippen molar-refractivity contribution in [1.29, 1.82) is 0 Å². The molecule has 0 spiro atoms. The highest BCUT2D eigenvalue weighted by molar-refractivity contribution is 6.12. The highest BCUT2D eigenvalue weighted by Gasteiger charge is 2.23. The van der Waals surface area contributed by atoms with E-state index >= 15 is 0 Å². The lowest BCUT2D eigenvalue weighted by atomic mass is 9.94. The van der Waals surface area contributed by atoms with Gasteiger partial charge in [0.25, 0.3) is 0 Å². The lowest BCUT2D eigenvalue weighted by Gasteiger charge is -2.12. The van der Waals surface area contributed by atoms with Crippen LogP contribution in [0, 0.1) is 0 Å². The molecule has 0 aliphatic rings. The number of carbonyl (C=O) groups excluding carboxylic acids is 4. The van der Waals surface area contributed by atoms with Crippen LogP contribution in [-0.2, 0) is 9.53 Å². The fraction of sp³-hybridized carbons (Fsp3) is 0.316. The summed E-state index contributed by atoms with van der Waals surface area (Å²) in [5.74, 6) is -3.63. The van der Waals surface area contributed by atoms with Gasteiger partial charge in [-0.05, 0) is 39.3 Å². The zero-order valence-electron chi connectivity index (χ0n) is 15.4. The van der Waals surface area contributed by atoms with Crippen molar-refractivity contribution in [1.82, 2.24) is 5.32 Å². The van der Waals surface area contributed by atoms with Crippen LogP contribution in [0.2, 0.25) is 0 Å². The number of rotatable bonds is 9. The first-order valence-corrected chi connectivity index (χ1v) is 8.10. The number of hydrogen-bond donors (Lipinski definition) is 2. The van der Waals surface area contributed by atoms with E-state index in [9.17, 15) is 29.1 Å². The van der Waals surface area contributed by atoms with Crippen molar-refractivity contribution in [2.75, 3.05) is 13.2 Å². The largest absolute Gasteiger partial charge is 0.478 e. The summed E-state index contributed by atoms with van der Waals surface area (Å²) in [6.07, 6.45) is 0.326. The Morgan fingerprint density at radius 1 is 0.963 bits per heavy atom. The normalized spacial score (nSPS) is 10.0. The maximum absolute atomic E-state index is 12.3. The molecule has 2 N–H and O–H groups in total. The summed E-state index contributed by atoms with van der Waals surface area (Å²) in [5.41, 5.74) is -0.505. The van der Waals surface area contributed by atoms with E-state index in [4.69, 9.17) is 4.74 Å². The minimum absolute atomic E-state index is 0.0390. The number of carboxylic acid groups (broad SMARTS) is 1. The van der Waals surface area contributed by atoms with Crippen LogP contribution in [0.5, 0.6) is 0 Å². The smallest absolute Gasteiger partial charge is 0.338 e. The quantitative estimate of drug-likeness (QED) is 0.293. The molecule has 0 aliphatic heterocycles. The average Bonchev–Trinajstić information content (AvgIpc) is 2.59. The molecular weight excluding hydrogens is 354 g/mol. The predicted molar refractivity (Wildman–Crippen MR) is 96.1 cm³/mol. The number of benzene rings is 1. The Hall–Kier alpha value is -3.29. The molecule has 0 aliphatic carbocycles. The maximum Gasteiger partial charge on any atom is 0.338 e. The van der Waals surface area contributed by atoms with E-state index < -0.39 is 23.5 Å². The number of amides is 1. The summed E-state index contributed by atoms with van der Waals surface area (Å²) in [6, 6.07) is 2.07. The van der Waals surface area contributed by atoms with Crippen LogP contribution in [0.3, 0.4) is 0 Å². The van der Waals surface area contributed by atoms with Gasteiger partial charge in [0.05, 0.1) is 17.7 Å². The molecule has 0 fully saturated rings. The Kier molecular flexibility index (Phi) is 7.59. The van der Waals surface area contributed by atoms with E-state index in [0.29, 0.717) is 12.0 Å². The fourth-order valence-electron chi connectivity index (χ4n) is 2.20.